The Labute approximate surface area is 124 Å². The minimum Gasteiger partial charge on any atom is -0.391 e. The molecule has 1 aromatic rings. The van der Waals surface area contributed by atoms with Gasteiger partial charge in [0.25, 0.3) is 0 Å². The number of nitrogens with zero attached hydrogens (tertiary/aromatic N) is 2. The van der Waals surface area contributed by atoms with Crippen LogP contribution in [-0.2, 0) is 0 Å². The van der Waals surface area contributed by atoms with Crippen LogP contribution < -0.4 is 10.2 Å². The van der Waals surface area contributed by atoms with Crippen LogP contribution in [0.4, 0.5) is 20.6 Å². The smallest absolute Gasteiger partial charge is 0.321 e. The third-order valence-corrected chi connectivity index (χ3v) is 3.80. The summed E-state index contributed by atoms with van der Waals surface area (Å²) in [6, 6.07) is 4.53. The Bertz CT molecular complexity index is 522. The first kappa shape index (κ1) is 15.6. The number of benzene rings is 1. The molecule has 2 amide bonds. The molecule has 5 nitrogen and oxygen atoms in total. The molecule has 2 N–H and O–H groups in total. The highest BCUT2D eigenvalue weighted by atomic mass is 19.1. The van der Waals surface area contributed by atoms with Crippen molar-refractivity contribution in [2.45, 2.75) is 32.4 Å². The molecule has 0 aromatic heterocycles. The number of rotatable bonds is 3. The lowest BCUT2D eigenvalue weighted by Gasteiger charge is -2.24. The normalized spacial score (nSPS) is 18.2. The Balaban J connectivity index is 2.05. The van der Waals surface area contributed by atoms with Crippen LogP contribution in [-0.4, -0.2) is 48.3 Å². The SMILES string of the molecule is CC(C)N(C)c1ccc(NC(=O)N2CC[C@H](O)C2)cc1F. The van der Waals surface area contributed by atoms with Crippen molar-refractivity contribution < 1.29 is 14.3 Å². The summed E-state index contributed by atoms with van der Waals surface area (Å²) in [6.07, 6.45) is 0.120. The summed E-state index contributed by atoms with van der Waals surface area (Å²) in [6.45, 7) is 4.80. The van der Waals surface area contributed by atoms with Gasteiger partial charge in [0.2, 0.25) is 0 Å². The van der Waals surface area contributed by atoms with Gasteiger partial charge in [-0.25, -0.2) is 9.18 Å². The van der Waals surface area contributed by atoms with Crippen LogP contribution in [0.15, 0.2) is 18.2 Å². The molecule has 0 aliphatic carbocycles. The molecule has 1 aliphatic heterocycles. The Morgan fingerprint density at radius 2 is 2.24 bits per heavy atom. The number of carbonyl (C=O) groups is 1. The van der Waals surface area contributed by atoms with Gasteiger partial charge in [-0.2, -0.15) is 0 Å². The van der Waals surface area contributed by atoms with Crippen molar-refractivity contribution in [3.05, 3.63) is 24.0 Å². The molecule has 0 radical (unpaired) electrons. The third kappa shape index (κ3) is 3.64. The van der Waals surface area contributed by atoms with E-state index in [2.05, 4.69) is 5.32 Å². The topological polar surface area (TPSA) is 55.8 Å². The number of aliphatic hydroxyl groups is 1. The molecule has 1 aliphatic rings. The molecule has 0 spiro atoms. The van der Waals surface area contributed by atoms with Crippen molar-refractivity contribution in [2.24, 2.45) is 0 Å². The highest BCUT2D eigenvalue weighted by molar-refractivity contribution is 5.89. The fraction of sp³-hybridized carbons (Fsp3) is 0.533. The zero-order chi connectivity index (χ0) is 15.6. The monoisotopic (exact) mass is 295 g/mol. The molecule has 1 aromatic carbocycles. The zero-order valence-corrected chi connectivity index (χ0v) is 12.6. The number of urea groups is 1. The fourth-order valence-electron chi connectivity index (χ4n) is 2.28. The van der Waals surface area contributed by atoms with E-state index in [1.54, 1.807) is 12.1 Å². The van der Waals surface area contributed by atoms with Gasteiger partial charge in [-0.05, 0) is 38.5 Å². The van der Waals surface area contributed by atoms with Gasteiger partial charge in [-0.1, -0.05) is 0 Å². The van der Waals surface area contributed by atoms with Gasteiger partial charge in [0.05, 0.1) is 11.8 Å². The summed E-state index contributed by atoms with van der Waals surface area (Å²) in [4.78, 5) is 15.3. The van der Waals surface area contributed by atoms with Crippen molar-refractivity contribution >= 4 is 17.4 Å². The molecule has 6 heteroatoms. The van der Waals surface area contributed by atoms with Crippen LogP contribution in [0.3, 0.4) is 0 Å². The number of likely N-dealkylation sites (tertiary alicyclic amines) is 1. The van der Waals surface area contributed by atoms with Crippen LogP contribution >= 0.6 is 0 Å². The molecule has 0 unspecified atom stereocenters. The van der Waals surface area contributed by atoms with Crippen LogP contribution in [0.2, 0.25) is 0 Å². The number of hydrogen-bond acceptors (Lipinski definition) is 3. The predicted octanol–water partition coefficient (Wildman–Crippen LogP) is 2.27. The lowest BCUT2D eigenvalue weighted by atomic mass is 10.2. The van der Waals surface area contributed by atoms with Crippen molar-refractivity contribution in [1.82, 2.24) is 4.90 Å². The molecule has 0 bridgehead atoms. The second kappa shape index (κ2) is 6.30. The van der Waals surface area contributed by atoms with E-state index in [4.69, 9.17) is 0 Å². The summed E-state index contributed by atoms with van der Waals surface area (Å²) in [5.74, 6) is -0.370. The highest BCUT2D eigenvalue weighted by Crippen LogP contribution is 2.24. The third-order valence-electron chi connectivity index (χ3n) is 3.80. The van der Waals surface area contributed by atoms with E-state index in [1.165, 1.54) is 11.0 Å². The number of anilines is 2. The lowest BCUT2D eigenvalue weighted by Crippen LogP contribution is -2.33. The predicted molar refractivity (Wildman–Crippen MR) is 81.2 cm³/mol. The van der Waals surface area contributed by atoms with E-state index in [9.17, 15) is 14.3 Å². The maximum atomic E-state index is 14.1. The number of halogens is 1. The highest BCUT2D eigenvalue weighted by Gasteiger charge is 2.24. The van der Waals surface area contributed by atoms with Crippen molar-refractivity contribution in [2.75, 3.05) is 30.4 Å². The van der Waals surface area contributed by atoms with E-state index in [0.29, 0.717) is 30.9 Å². The first-order valence-corrected chi connectivity index (χ1v) is 7.15. The van der Waals surface area contributed by atoms with Gasteiger partial charge in [0.1, 0.15) is 5.82 Å². The van der Waals surface area contributed by atoms with Gasteiger partial charge in [0, 0.05) is 31.9 Å². The molecule has 0 saturated carbocycles. The second-order valence-corrected chi connectivity index (χ2v) is 5.69. The number of carbonyl (C=O) groups excluding carboxylic acids is 1. The molecule has 1 heterocycles. The molecule has 1 saturated heterocycles. The number of amides is 2. The Morgan fingerprint density at radius 3 is 2.76 bits per heavy atom. The maximum absolute atomic E-state index is 14.1. The number of β-amino-alcohol motifs (C(OH)–C–C–N with tert-alkyl or cyclic N) is 1. The van der Waals surface area contributed by atoms with E-state index in [-0.39, 0.29) is 17.9 Å². The first-order chi connectivity index (χ1) is 9.88. The fourth-order valence-corrected chi connectivity index (χ4v) is 2.28. The van der Waals surface area contributed by atoms with Gasteiger partial charge < -0.3 is 20.2 Å². The Hall–Kier alpha value is -1.82. The van der Waals surface area contributed by atoms with Crippen molar-refractivity contribution in [3.63, 3.8) is 0 Å². The molecule has 1 fully saturated rings. The van der Waals surface area contributed by atoms with Gasteiger partial charge in [-0.3, -0.25) is 0 Å². The minimum atomic E-state index is -0.463. The average Bonchev–Trinajstić information content (AvgIpc) is 2.85. The molecular weight excluding hydrogens is 273 g/mol. The second-order valence-electron chi connectivity index (χ2n) is 5.69. The summed E-state index contributed by atoms with van der Waals surface area (Å²) in [5, 5.41) is 12.1. The van der Waals surface area contributed by atoms with Crippen LogP contribution in [0.25, 0.3) is 0 Å². The summed E-state index contributed by atoms with van der Waals surface area (Å²) in [5.41, 5.74) is 0.916. The standard InChI is InChI=1S/C15H22FN3O2/c1-10(2)18(3)14-5-4-11(8-13(14)16)17-15(21)19-7-6-12(20)9-19/h4-5,8,10,12,20H,6-7,9H2,1-3H3,(H,17,21)/t12-/m0/s1. The zero-order valence-electron chi connectivity index (χ0n) is 12.6. The van der Waals surface area contributed by atoms with Gasteiger partial charge >= 0.3 is 6.03 Å². The molecule has 2 rings (SSSR count). The van der Waals surface area contributed by atoms with E-state index in [1.807, 2.05) is 25.8 Å². The van der Waals surface area contributed by atoms with Crippen LogP contribution in [0.1, 0.15) is 20.3 Å². The Kier molecular flexibility index (Phi) is 4.67. The van der Waals surface area contributed by atoms with Gasteiger partial charge in [-0.15, -0.1) is 0 Å². The maximum Gasteiger partial charge on any atom is 0.321 e. The average molecular weight is 295 g/mol. The molecular formula is C15H22FN3O2. The lowest BCUT2D eigenvalue weighted by molar-refractivity contribution is 0.176. The minimum absolute atomic E-state index is 0.186. The molecule has 21 heavy (non-hydrogen) atoms. The molecule has 1 atom stereocenters. The van der Waals surface area contributed by atoms with Crippen LogP contribution in [0, 0.1) is 5.82 Å². The summed E-state index contributed by atoms with van der Waals surface area (Å²) in [7, 11) is 1.83. The van der Waals surface area contributed by atoms with Crippen molar-refractivity contribution in [3.8, 4) is 0 Å². The summed E-state index contributed by atoms with van der Waals surface area (Å²) >= 11 is 0. The number of hydrogen-bond donors (Lipinski definition) is 2. The molecule has 116 valence electrons. The van der Waals surface area contributed by atoms with Gasteiger partial charge in [0.15, 0.2) is 0 Å². The number of nitrogens with one attached hydrogen (secondary N) is 1. The largest absolute Gasteiger partial charge is 0.391 e. The van der Waals surface area contributed by atoms with E-state index < -0.39 is 6.10 Å². The quantitative estimate of drug-likeness (QED) is 0.899. The van der Waals surface area contributed by atoms with E-state index in [0.717, 1.165) is 0 Å². The Morgan fingerprint density at radius 1 is 1.52 bits per heavy atom. The number of aliphatic hydroxyl groups excluding tert-OH is 1. The van der Waals surface area contributed by atoms with E-state index >= 15 is 0 Å². The van der Waals surface area contributed by atoms with Crippen LogP contribution in [0.5, 0.6) is 0 Å². The summed E-state index contributed by atoms with van der Waals surface area (Å²) < 4.78 is 14.1. The first-order valence-electron chi connectivity index (χ1n) is 7.15. The van der Waals surface area contributed by atoms with Crippen molar-refractivity contribution in [1.29, 1.82) is 0 Å².